The van der Waals surface area contributed by atoms with Gasteiger partial charge in [-0.3, -0.25) is 9.98 Å². The third-order valence-electron chi connectivity index (χ3n) is 9.68. The molecule has 0 saturated heterocycles. The van der Waals surface area contributed by atoms with Crippen LogP contribution in [0.25, 0.3) is 0 Å². The molecule has 6 aromatic carbocycles. The average molecular weight is 863 g/mol. The van der Waals surface area contributed by atoms with Crippen LogP contribution in [0.5, 0.6) is 34.5 Å². The standard InChI is InChI=1S/C53H54N2O9/c1-3-5-7-33-59-46-25-13-41(14-26-46)52(57)63-50-21-9-39(10-22-50)35-54-43-17-29-48(30-18-43)61-37-45(56)38-62-49-31-19-44(20-32-49)55-36-40-11-23-51(24-12-40)64-53(58)42-15-27-47(28-16-42)60-34-8-6-4-2/h9-32,35-36,45,56H,3-8,33-34,37-38H2,1-2H3. The summed E-state index contributed by atoms with van der Waals surface area (Å²) in [5, 5.41) is 10.5. The minimum atomic E-state index is -0.861. The Balaban J connectivity index is 0.863. The number of hydrogen-bond acceptors (Lipinski definition) is 11. The number of esters is 2. The minimum Gasteiger partial charge on any atom is -0.494 e. The van der Waals surface area contributed by atoms with Crippen LogP contribution in [0, 0.1) is 0 Å². The van der Waals surface area contributed by atoms with Gasteiger partial charge < -0.3 is 33.5 Å². The van der Waals surface area contributed by atoms with Crippen LogP contribution in [-0.4, -0.2) is 62.0 Å². The lowest BCUT2D eigenvalue weighted by molar-refractivity contribution is 0.0626. The van der Waals surface area contributed by atoms with Crippen molar-refractivity contribution in [3.63, 3.8) is 0 Å². The first kappa shape index (κ1) is 46.3. The van der Waals surface area contributed by atoms with Gasteiger partial charge in [0.15, 0.2) is 0 Å². The first-order valence-electron chi connectivity index (χ1n) is 21.7. The lowest BCUT2D eigenvalue weighted by atomic mass is 10.2. The molecule has 0 aliphatic rings. The highest BCUT2D eigenvalue weighted by Gasteiger charge is 2.11. The maximum absolute atomic E-state index is 12.6. The van der Waals surface area contributed by atoms with E-state index in [1.807, 2.05) is 48.5 Å². The molecular weight excluding hydrogens is 809 g/mol. The van der Waals surface area contributed by atoms with Crippen LogP contribution in [0.3, 0.4) is 0 Å². The molecule has 0 unspecified atom stereocenters. The average Bonchev–Trinajstić information content (AvgIpc) is 3.33. The van der Waals surface area contributed by atoms with Gasteiger partial charge >= 0.3 is 11.9 Å². The fourth-order valence-electron chi connectivity index (χ4n) is 6.02. The molecule has 0 fully saturated rings. The van der Waals surface area contributed by atoms with E-state index in [2.05, 4.69) is 23.8 Å². The van der Waals surface area contributed by atoms with E-state index in [0.717, 1.165) is 72.5 Å². The Morgan fingerprint density at radius 3 is 1.14 bits per heavy atom. The quantitative estimate of drug-likeness (QED) is 0.0273. The van der Waals surface area contributed by atoms with Crippen molar-refractivity contribution in [2.75, 3.05) is 26.4 Å². The molecule has 0 spiro atoms. The third kappa shape index (κ3) is 15.6. The number of unbranched alkanes of at least 4 members (excludes halogenated alkanes) is 4. The summed E-state index contributed by atoms with van der Waals surface area (Å²) in [7, 11) is 0. The van der Waals surface area contributed by atoms with Gasteiger partial charge in [-0.15, -0.1) is 0 Å². The highest BCUT2D eigenvalue weighted by Crippen LogP contribution is 2.23. The normalized spacial score (nSPS) is 11.6. The van der Waals surface area contributed by atoms with Crippen molar-refractivity contribution >= 4 is 35.7 Å². The molecular formula is C53H54N2O9. The highest BCUT2D eigenvalue weighted by molar-refractivity contribution is 5.92. The number of carbonyl (C=O) groups is 2. The predicted octanol–water partition coefficient (Wildman–Crippen LogP) is 11.6. The van der Waals surface area contributed by atoms with E-state index >= 15 is 0 Å². The molecule has 330 valence electrons. The van der Waals surface area contributed by atoms with Crippen molar-refractivity contribution < 1.29 is 43.1 Å². The van der Waals surface area contributed by atoms with Gasteiger partial charge in [0.1, 0.15) is 53.8 Å². The largest absolute Gasteiger partial charge is 0.494 e. The van der Waals surface area contributed by atoms with E-state index in [4.69, 9.17) is 28.4 Å². The SMILES string of the molecule is CCCCCOc1ccc(C(=O)Oc2ccc(C=Nc3ccc(OCC(O)COc4ccc(N=Cc5ccc(OC(=O)c6ccc(OCCCCC)cc6)cc5)cc4)cc3)cc2)cc1. The van der Waals surface area contributed by atoms with E-state index in [9.17, 15) is 14.7 Å². The second kappa shape index (κ2) is 25.0. The lowest BCUT2D eigenvalue weighted by Crippen LogP contribution is -2.25. The first-order valence-corrected chi connectivity index (χ1v) is 21.7. The van der Waals surface area contributed by atoms with Crippen molar-refractivity contribution in [3.05, 3.63) is 168 Å². The molecule has 0 atom stereocenters. The van der Waals surface area contributed by atoms with E-state index in [1.54, 1.807) is 109 Å². The summed E-state index contributed by atoms with van der Waals surface area (Å²) in [5.74, 6) is 2.60. The summed E-state index contributed by atoms with van der Waals surface area (Å²) in [5.41, 5.74) is 3.99. The Morgan fingerprint density at radius 2 is 0.781 bits per heavy atom. The number of aliphatic imine (C=N–C) groups is 2. The topological polar surface area (TPSA) is 134 Å². The summed E-state index contributed by atoms with van der Waals surface area (Å²) >= 11 is 0. The number of hydrogen-bond donors (Lipinski definition) is 1. The summed E-state index contributed by atoms with van der Waals surface area (Å²) in [6.45, 7) is 5.70. The van der Waals surface area contributed by atoms with Crippen molar-refractivity contribution in [1.29, 1.82) is 0 Å². The fourth-order valence-corrected chi connectivity index (χ4v) is 6.02. The van der Waals surface area contributed by atoms with Crippen molar-refractivity contribution in [2.24, 2.45) is 9.98 Å². The predicted molar refractivity (Wildman–Crippen MR) is 250 cm³/mol. The van der Waals surface area contributed by atoms with Crippen LogP contribution in [0.15, 0.2) is 156 Å². The Labute approximate surface area is 375 Å². The van der Waals surface area contributed by atoms with Crippen molar-refractivity contribution in [2.45, 2.75) is 58.5 Å². The Hall–Kier alpha value is -7.24. The Morgan fingerprint density at radius 1 is 0.453 bits per heavy atom. The van der Waals surface area contributed by atoms with Gasteiger partial charge in [0, 0.05) is 12.4 Å². The van der Waals surface area contributed by atoms with Crippen LogP contribution < -0.4 is 28.4 Å². The molecule has 11 nitrogen and oxygen atoms in total. The third-order valence-corrected chi connectivity index (χ3v) is 9.68. The van der Waals surface area contributed by atoms with E-state index in [0.29, 0.717) is 47.3 Å². The molecule has 0 amide bonds. The number of benzene rings is 6. The van der Waals surface area contributed by atoms with Gasteiger partial charge in [0.25, 0.3) is 0 Å². The van der Waals surface area contributed by atoms with Gasteiger partial charge in [0.05, 0.1) is 35.7 Å². The molecule has 6 aromatic rings. The van der Waals surface area contributed by atoms with Crippen LogP contribution in [0.4, 0.5) is 11.4 Å². The number of ether oxygens (including phenoxy) is 6. The smallest absolute Gasteiger partial charge is 0.343 e. The van der Waals surface area contributed by atoms with Gasteiger partial charge in [-0.1, -0.05) is 39.5 Å². The molecule has 0 aromatic heterocycles. The first-order chi connectivity index (χ1) is 31.3. The molecule has 1 N–H and O–H groups in total. The van der Waals surface area contributed by atoms with Crippen molar-refractivity contribution in [1.82, 2.24) is 0 Å². The summed E-state index contributed by atoms with van der Waals surface area (Å²) in [4.78, 5) is 34.3. The van der Waals surface area contributed by atoms with Crippen molar-refractivity contribution in [3.8, 4) is 34.5 Å². The fraction of sp³-hybridized carbons (Fsp3) is 0.245. The number of aliphatic hydroxyl groups is 1. The Bertz CT molecular complexity index is 2210. The molecule has 0 aliphatic heterocycles. The van der Waals surface area contributed by atoms with E-state index in [-0.39, 0.29) is 13.2 Å². The second-order valence-corrected chi connectivity index (χ2v) is 14.9. The zero-order valence-corrected chi connectivity index (χ0v) is 36.3. The van der Waals surface area contributed by atoms with Crippen LogP contribution in [0.2, 0.25) is 0 Å². The summed E-state index contributed by atoms with van der Waals surface area (Å²) in [6.07, 6.45) is 9.09. The van der Waals surface area contributed by atoms with Crippen LogP contribution in [-0.2, 0) is 0 Å². The molecule has 64 heavy (non-hydrogen) atoms. The zero-order chi connectivity index (χ0) is 44.8. The molecule has 0 saturated carbocycles. The monoisotopic (exact) mass is 862 g/mol. The molecule has 0 aliphatic carbocycles. The second-order valence-electron chi connectivity index (χ2n) is 14.9. The maximum Gasteiger partial charge on any atom is 0.343 e. The summed E-state index contributed by atoms with van der Waals surface area (Å²) < 4.78 is 34.0. The van der Waals surface area contributed by atoms with E-state index in [1.165, 1.54) is 0 Å². The lowest BCUT2D eigenvalue weighted by Gasteiger charge is -2.13. The number of aliphatic hydroxyl groups excluding tert-OH is 1. The molecule has 11 heteroatoms. The number of rotatable bonds is 24. The maximum atomic E-state index is 12.6. The number of carbonyl (C=O) groups excluding carboxylic acids is 2. The highest BCUT2D eigenvalue weighted by atomic mass is 16.5. The minimum absolute atomic E-state index is 0.0422. The van der Waals surface area contributed by atoms with Gasteiger partial charge in [-0.05, 0) is 170 Å². The molecule has 0 heterocycles. The van der Waals surface area contributed by atoms with Crippen LogP contribution in [0.1, 0.15) is 84.2 Å². The molecule has 0 bridgehead atoms. The Kier molecular flexibility index (Phi) is 18.1. The van der Waals surface area contributed by atoms with Crippen LogP contribution >= 0.6 is 0 Å². The van der Waals surface area contributed by atoms with Gasteiger partial charge in [0.2, 0.25) is 0 Å². The number of nitrogens with zero attached hydrogens (tertiary/aromatic N) is 2. The van der Waals surface area contributed by atoms with E-state index < -0.39 is 18.0 Å². The zero-order valence-electron chi connectivity index (χ0n) is 36.3. The molecule has 6 rings (SSSR count). The van der Waals surface area contributed by atoms with Gasteiger partial charge in [-0.25, -0.2) is 9.59 Å². The van der Waals surface area contributed by atoms with Gasteiger partial charge in [-0.2, -0.15) is 0 Å². The summed E-state index contributed by atoms with van der Waals surface area (Å²) in [6, 6.07) is 42.5. The molecule has 0 radical (unpaired) electrons.